The van der Waals surface area contributed by atoms with Crippen molar-refractivity contribution < 1.29 is 29.0 Å². The molecule has 4 aliphatic carbocycles. The van der Waals surface area contributed by atoms with Gasteiger partial charge in [0, 0.05) is 49.4 Å². The van der Waals surface area contributed by atoms with Crippen LogP contribution in [-0.4, -0.2) is 40.6 Å². The molecule has 0 aliphatic heterocycles. The number of hydrogen-bond donors (Lipinski definition) is 1. The second kappa shape index (κ2) is 5.29. The lowest BCUT2D eigenvalue weighted by Gasteiger charge is -2.72. The highest BCUT2D eigenvalue weighted by Gasteiger charge is 2.79. The zero-order chi connectivity index (χ0) is 18.9. The van der Waals surface area contributed by atoms with Crippen LogP contribution >= 0.6 is 0 Å². The minimum Gasteiger partial charge on any atom is -0.462 e. The SMILES string of the molecule is CC(=O)O[C@@H]1C[C@@](C)(O)[C@H]2[C@@H]3[C@@H]1[C@]2(C)[C@H](OC(C)=O)CC(=O)C3(C)C. The summed E-state index contributed by atoms with van der Waals surface area (Å²) >= 11 is 0. The first kappa shape index (κ1) is 18.4. The summed E-state index contributed by atoms with van der Waals surface area (Å²) in [6.45, 7) is 10.2. The number of Topliss-reactive ketones (excluding diaryl/α,β-unsaturated/α-hetero) is 1. The van der Waals surface area contributed by atoms with Gasteiger partial charge in [0.2, 0.25) is 0 Å². The fourth-order valence-electron chi connectivity index (χ4n) is 6.23. The van der Waals surface area contributed by atoms with E-state index in [2.05, 4.69) is 0 Å². The van der Waals surface area contributed by atoms with Crippen molar-refractivity contribution in [3.05, 3.63) is 0 Å². The van der Waals surface area contributed by atoms with Crippen LogP contribution in [0.15, 0.2) is 0 Å². The summed E-state index contributed by atoms with van der Waals surface area (Å²) in [5, 5.41) is 11.2. The fraction of sp³-hybridized carbons (Fsp3) is 0.842. The molecule has 0 heterocycles. The van der Waals surface area contributed by atoms with Gasteiger partial charge in [-0.3, -0.25) is 14.4 Å². The van der Waals surface area contributed by atoms with Crippen molar-refractivity contribution in [1.82, 2.24) is 0 Å². The number of carbonyl (C=O) groups is 3. The second-order valence-electron chi connectivity index (χ2n) is 9.05. The maximum Gasteiger partial charge on any atom is 0.302 e. The Morgan fingerprint density at radius 3 is 2.12 bits per heavy atom. The van der Waals surface area contributed by atoms with Gasteiger partial charge < -0.3 is 14.6 Å². The number of fused-ring (bicyclic) bond motifs is 2. The van der Waals surface area contributed by atoms with E-state index in [0.29, 0.717) is 6.42 Å². The van der Waals surface area contributed by atoms with Crippen molar-refractivity contribution in [3.8, 4) is 0 Å². The van der Waals surface area contributed by atoms with E-state index in [1.54, 1.807) is 6.92 Å². The number of carbonyl (C=O) groups excluding carboxylic acids is 3. The Labute approximate surface area is 148 Å². The number of aliphatic hydroxyl groups is 1. The summed E-state index contributed by atoms with van der Waals surface area (Å²) in [7, 11) is 0. The van der Waals surface area contributed by atoms with Gasteiger partial charge in [-0.05, 0) is 12.8 Å². The molecule has 7 atom stereocenters. The molecule has 4 fully saturated rings. The van der Waals surface area contributed by atoms with Crippen LogP contribution in [0.2, 0.25) is 0 Å². The summed E-state index contributed by atoms with van der Waals surface area (Å²) in [5.41, 5.74) is -2.37. The van der Waals surface area contributed by atoms with E-state index in [1.807, 2.05) is 20.8 Å². The molecule has 0 aromatic heterocycles. The van der Waals surface area contributed by atoms with Crippen molar-refractivity contribution in [2.24, 2.45) is 28.6 Å². The van der Waals surface area contributed by atoms with E-state index in [4.69, 9.17) is 9.47 Å². The topological polar surface area (TPSA) is 89.9 Å². The predicted octanol–water partition coefficient (Wildman–Crippen LogP) is 1.87. The highest BCUT2D eigenvalue weighted by atomic mass is 16.6. The van der Waals surface area contributed by atoms with Gasteiger partial charge in [-0.2, -0.15) is 0 Å². The molecule has 0 unspecified atom stereocenters. The molecule has 4 saturated carbocycles. The van der Waals surface area contributed by atoms with Crippen molar-refractivity contribution in [1.29, 1.82) is 0 Å². The average molecular weight is 352 g/mol. The van der Waals surface area contributed by atoms with Crippen LogP contribution in [0.5, 0.6) is 0 Å². The van der Waals surface area contributed by atoms with E-state index in [0.717, 1.165) is 0 Å². The largest absolute Gasteiger partial charge is 0.462 e. The van der Waals surface area contributed by atoms with Gasteiger partial charge in [-0.15, -0.1) is 0 Å². The molecule has 0 saturated heterocycles. The molecule has 4 aliphatic rings. The molecule has 6 nitrogen and oxygen atoms in total. The van der Waals surface area contributed by atoms with Gasteiger partial charge in [0.1, 0.15) is 18.0 Å². The summed E-state index contributed by atoms with van der Waals surface area (Å²) < 4.78 is 11.1. The Balaban J connectivity index is 2.14. The molecule has 1 N–H and O–H groups in total. The Morgan fingerprint density at radius 2 is 1.60 bits per heavy atom. The molecular weight excluding hydrogens is 324 g/mol. The highest BCUT2D eigenvalue weighted by Crippen LogP contribution is 2.74. The lowest BCUT2D eigenvalue weighted by atomic mass is 9.33. The molecule has 4 rings (SSSR count). The van der Waals surface area contributed by atoms with Crippen molar-refractivity contribution >= 4 is 17.7 Å². The first-order valence-electron chi connectivity index (χ1n) is 8.93. The number of rotatable bonds is 2. The highest BCUT2D eigenvalue weighted by molar-refractivity contribution is 5.86. The monoisotopic (exact) mass is 352 g/mol. The van der Waals surface area contributed by atoms with Crippen LogP contribution < -0.4 is 0 Å². The second-order valence-corrected chi connectivity index (χ2v) is 9.05. The minimum absolute atomic E-state index is 0.0271. The third-order valence-corrected chi connectivity index (χ3v) is 7.06. The summed E-state index contributed by atoms with van der Waals surface area (Å²) in [5.74, 6) is -1.24. The smallest absolute Gasteiger partial charge is 0.302 e. The zero-order valence-corrected chi connectivity index (χ0v) is 15.8. The molecule has 140 valence electrons. The molecule has 0 aromatic rings. The van der Waals surface area contributed by atoms with Gasteiger partial charge in [0.05, 0.1) is 5.60 Å². The standard InChI is InChI=1S/C19H28O6/c1-9(20)24-11-8-18(5,23)16-15-14(11)19(16,6)13(25-10(2)21)7-12(22)17(15,3)4/h11,13-16,23H,7-8H2,1-6H3/t11-,13-,14-,15+,16-,18-,19+/m1/s1. The predicted molar refractivity (Wildman–Crippen MR) is 88.3 cm³/mol. The molecular formula is C19H28O6. The Kier molecular flexibility index (Phi) is 3.88. The molecule has 0 aromatic carbocycles. The van der Waals surface area contributed by atoms with Crippen molar-refractivity contribution in [3.63, 3.8) is 0 Å². The molecule has 6 heteroatoms. The van der Waals surface area contributed by atoms with Gasteiger partial charge in [0.25, 0.3) is 0 Å². The Morgan fingerprint density at radius 1 is 1.04 bits per heavy atom. The maximum atomic E-state index is 12.9. The molecule has 0 amide bonds. The van der Waals surface area contributed by atoms with Gasteiger partial charge in [0.15, 0.2) is 0 Å². The van der Waals surface area contributed by atoms with Crippen LogP contribution in [0.25, 0.3) is 0 Å². The van der Waals surface area contributed by atoms with Crippen molar-refractivity contribution in [2.75, 3.05) is 0 Å². The van der Waals surface area contributed by atoms with Gasteiger partial charge in [-0.25, -0.2) is 0 Å². The minimum atomic E-state index is -1.10. The first-order chi connectivity index (χ1) is 11.3. The number of ketones is 1. The molecule has 4 bridgehead atoms. The van der Waals surface area contributed by atoms with E-state index in [9.17, 15) is 19.5 Å². The van der Waals surface area contributed by atoms with Gasteiger partial charge >= 0.3 is 11.9 Å². The molecule has 0 radical (unpaired) electrons. The number of ether oxygens (including phenoxy) is 2. The first-order valence-corrected chi connectivity index (χ1v) is 8.93. The lowest BCUT2D eigenvalue weighted by Crippen LogP contribution is -2.76. The van der Waals surface area contributed by atoms with Crippen LogP contribution in [0, 0.1) is 28.6 Å². The zero-order valence-electron chi connectivity index (χ0n) is 15.8. The normalized spacial score (nSPS) is 47.3. The summed E-state index contributed by atoms with van der Waals surface area (Å²) in [6, 6.07) is 0. The number of esters is 2. The van der Waals surface area contributed by atoms with Crippen LogP contribution in [0.4, 0.5) is 0 Å². The quantitative estimate of drug-likeness (QED) is 0.763. The third kappa shape index (κ3) is 2.36. The third-order valence-electron chi connectivity index (χ3n) is 7.06. The van der Waals surface area contributed by atoms with Crippen LogP contribution in [0.1, 0.15) is 54.4 Å². The van der Waals surface area contributed by atoms with E-state index >= 15 is 0 Å². The van der Waals surface area contributed by atoms with E-state index in [-0.39, 0.29) is 30.0 Å². The summed E-state index contributed by atoms with van der Waals surface area (Å²) in [4.78, 5) is 36.2. The van der Waals surface area contributed by atoms with Crippen LogP contribution in [-0.2, 0) is 23.9 Å². The van der Waals surface area contributed by atoms with E-state index in [1.165, 1.54) is 13.8 Å². The van der Waals surface area contributed by atoms with Gasteiger partial charge in [-0.1, -0.05) is 20.8 Å². The van der Waals surface area contributed by atoms with E-state index < -0.39 is 40.6 Å². The maximum absolute atomic E-state index is 12.9. The summed E-state index contributed by atoms with van der Waals surface area (Å²) in [6.07, 6.45) is -0.633. The van der Waals surface area contributed by atoms with Crippen LogP contribution in [0.3, 0.4) is 0 Å². The average Bonchev–Trinajstić information content (AvgIpc) is 2.49. The number of hydrogen-bond acceptors (Lipinski definition) is 6. The molecule has 0 spiro atoms. The lowest BCUT2D eigenvalue weighted by molar-refractivity contribution is -0.323. The fourth-order valence-corrected chi connectivity index (χ4v) is 6.23. The van der Waals surface area contributed by atoms with Crippen molar-refractivity contribution in [2.45, 2.75) is 72.2 Å². The Hall–Kier alpha value is -1.43. The molecule has 25 heavy (non-hydrogen) atoms. The Bertz CT molecular complexity index is 636.